The summed E-state index contributed by atoms with van der Waals surface area (Å²) in [6.07, 6.45) is 2.27. The molecule has 1 saturated heterocycles. The molecule has 2 rings (SSSR count). The third-order valence-corrected chi connectivity index (χ3v) is 2.71. The average molecular weight is 211 g/mol. The van der Waals surface area contributed by atoms with Gasteiger partial charge in [-0.25, -0.2) is 4.68 Å². The molecule has 15 heavy (non-hydrogen) atoms. The van der Waals surface area contributed by atoms with Crippen LogP contribution in [0.5, 0.6) is 0 Å². The van der Waals surface area contributed by atoms with Crippen LogP contribution in [0.15, 0.2) is 0 Å². The number of hydrogen-bond donors (Lipinski definition) is 1. The summed E-state index contributed by atoms with van der Waals surface area (Å²) in [7, 11) is 1.89. The zero-order valence-electron chi connectivity index (χ0n) is 9.02. The van der Waals surface area contributed by atoms with Gasteiger partial charge in [-0.05, 0) is 36.2 Å². The molecule has 6 nitrogen and oxygen atoms in total. The summed E-state index contributed by atoms with van der Waals surface area (Å²) in [6, 6.07) is 0. The van der Waals surface area contributed by atoms with Gasteiger partial charge in [-0.2, -0.15) is 0 Å². The van der Waals surface area contributed by atoms with E-state index in [2.05, 4.69) is 20.8 Å². The van der Waals surface area contributed by atoms with Crippen molar-refractivity contribution in [3.63, 3.8) is 0 Å². The number of ether oxygens (including phenoxy) is 1. The number of aryl methyl sites for hydroxylation is 1. The van der Waals surface area contributed by atoms with E-state index in [1.807, 2.05) is 11.7 Å². The molecule has 0 aliphatic carbocycles. The SMILES string of the molecule is CNCc1nnnn1CCC1CCOC1. The Balaban J connectivity index is 1.83. The van der Waals surface area contributed by atoms with Gasteiger partial charge in [0.1, 0.15) is 0 Å². The predicted molar refractivity (Wildman–Crippen MR) is 54.1 cm³/mol. The Kier molecular flexibility index (Phi) is 3.63. The monoisotopic (exact) mass is 211 g/mol. The van der Waals surface area contributed by atoms with Crippen LogP contribution >= 0.6 is 0 Å². The molecule has 0 radical (unpaired) electrons. The molecule has 1 fully saturated rings. The van der Waals surface area contributed by atoms with Crippen molar-refractivity contribution in [3.05, 3.63) is 5.82 Å². The highest BCUT2D eigenvalue weighted by molar-refractivity contribution is 4.79. The maximum absolute atomic E-state index is 5.33. The number of nitrogens with one attached hydrogen (secondary N) is 1. The summed E-state index contributed by atoms with van der Waals surface area (Å²) in [5.41, 5.74) is 0. The summed E-state index contributed by atoms with van der Waals surface area (Å²) in [6.45, 7) is 3.40. The van der Waals surface area contributed by atoms with Gasteiger partial charge in [0.15, 0.2) is 5.82 Å². The highest BCUT2D eigenvalue weighted by Crippen LogP contribution is 2.16. The van der Waals surface area contributed by atoms with Gasteiger partial charge in [0, 0.05) is 19.8 Å². The Morgan fingerprint density at radius 3 is 3.27 bits per heavy atom. The Labute approximate surface area is 89.0 Å². The lowest BCUT2D eigenvalue weighted by Gasteiger charge is -2.07. The minimum absolute atomic E-state index is 0.677. The summed E-state index contributed by atoms with van der Waals surface area (Å²) in [4.78, 5) is 0. The number of hydrogen-bond acceptors (Lipinski definition) is 5. The van der Waals surface area contributed by atoms with Crippen LogP contribution in [-0.4, -0.2) is 40.5 Å². The lowest BCUT2D eigenvalue weighted by molar-refractivity contribution is 0.183. The van der Waals surface area contributed by atoms with E-state index < -0.39 is 0 Å². The van der Waals surface area contributed by atoms with E-state index >= 15 is 0 Å². The summed E-state index contributed by atoms with van der Waals surface area (Å²) >= 11 is 0. The van der Waals surface area contributed by atoms with Crippen LogP contribution in [0.25, 0.3) is 0 Å². The largest absolute Gasteiger partial charge is 0.381 e. The van der Waals surface area contributed by atoms with Crippen LogP contribution < -0.4 is 5.32 Å². The second-order valence-electron chi connectivity index (χ2n) is 3.87. The summed E-state index contributed by atoms with van der Waals surface area (Å²) in [5.74, 6) is 1.58. The van der Waals surface area contributed by atoms with E-state index in [4.69, 9.17) is 4.74 Å². The molecular formula is C9H17N5O. The number of aromatic nitrogens is 4. The van der Waals surface area contributed by atoms with Gasteiger partial charge >= 0.3 is 0 Å². The first-order chi connectivity index (χ1) is 7.40. The van der Waals surface area contributed by atoms with Crippen molar-refractivity contribution in [2.45, 2.75) is 25.9 Å². The van der Waals surface area contributed by atoms with E-state index in [1.54, 1.807) is 0 Å². The second-order valence-corrected chi connectivity index (χ2v) is 3.87. The fourth-order valence-electron chi connectivity index (χ4n) is 1.80. The van der Waals surface area contributed by atoms with Gasteiger partial charge in [0.25, 0.3) is 0 Å². The third kappa shape index (κ3) is 2.73. The van der Waals surface area contributed by atoms with E-state index in [1.165, 1.54) is 6.42 Å². The predicted octanol–water partition coefficient (Wildman–Crippen LogP) is -0.181. The Hall–Kier alpha value is -1.01. The Morgan fingerprint density at radius 1 is 1.60 bits per heavy atom. The average Bonchev–Trinajstić information content (AvgIpc) is 2.85. The van der Waals surface area contributed by atoms with Gasteiger partial charge in [-0.15, -0.1) is 5.10 Å². The zero-order chi connectivity index (χ0) is 10.5. The standard InChI is InChI=1S/C9H17N5O/c1-10-6-9-11-12-13-14(9)4-2-8-3-5-15-7-8/h8,10H,2-7H2,1H3. The molecule has 6 heteroatoms. The first kappa shape index (κ1) is 10.5. The van der Waals surface area contributed by atoms with Gasteiger partial charge in [0.2, 0.25) is 0 Å². The zero-order valence-corrected chi connectivity index (χ0v) is 9.02. The molecule has 0 bridgehead atoms. The fourth-order valence-corrected chi connectivity index (χ4v) is 1.80. The van der Waals surface area contributed by atoms with Gasteiger partial charge in [-0.3, -0.25) is 0 Å². The van der Waals surface area contributed by atoms with Crippen molar-refractivity contribution < 1.29 is 4.74 Å². The molecule has 1 N–H and O–H groups in total. The lowest BCUT2D eigenvalue weighted by atomic mass is 10.1. The lowest BCUT2D eigenvalue weighted by Crippen LogP contribution is -2.15. The molecule has 0 aromatic carbocycles. The van der Waals surface area contributed by atoms with Crippen LogP contribution in [-0.2, 0) is 17.8 Å². The molecule has 84 valence electrons. The van der Waals surface area contributed by atoms with Crippen molar-refractivity contribution in [2.75, 3.05) is 20.3 Å². The first-order valence-electron chi connectivity index (χ1n) is 5.37. The quantitative estimate of drug-likeness (QED) is 0.732. The van der Waals surface area contributed by atoms with E-state index in [-0.39, 0.29) is 0 Å². The van der Waals surface area contributed by atoms with Crippen molar-refractivity contribution in [1.82, 2.24) is 25.5 Å². The molecule has 1 atom stereocenters. The second kappa shape index (κ2) is 5.18. The van der Waals surface area contributed by atoms with Crippen molar-refractivity contribution >= 4 is 0 Å². The van der Waals surface area contributed by atoms with Crippen LogP contribution in [0.3, 0.4) is 0 Å². The van der Waals surface area contributed by atoms with E-state index in [0.29, 0.717) is 12.5 Å². The molecule has 1 aliphatic rings. The molecule has 1 unspecified atom stereocenters. The topological polar surface area (TPSA) is 64.9 Å². The molecule has 2 heterocycles. The molecule has 0 amide bonds. The van der Waals surface area contributed by atoms with Crippen LogP contribution in [0.2, 0.25) is 0 Å². The minimum Gasteiger partial charge on any atom is -0.381 e. The van der Waals surface area contributed by atoms with Crippen molar-refractivity contribution in [2.24, 2.45) is 5.92 Å². The van der Waals surface area contributed by atoms with Crippen LogP contribution in [0.1, 0.15) is 18.7 Å². The Morgan fingerprint density at radius 2 is 2.53 bits per heavy atom. The molecular weight excluding hydrogens is 194 g/mol. The highest BCUT2D eigenvalue weighted by Gasteiger charge is 2.16. The maximum Gasteiger partial charge on any atom is 0.165 e. The molecule has 1 aromatic rings. The van der Waals surface area contributed by atoms with Gasteiger partial charge < -0.3 is 10.1 Å². The summed E-state index contributed by atoms with van der Waals surface area (Å²) < 4.78 is 7.20. The molecule has 0 spiro atoms. The smallest absolute Gasteiger partial charge is 0.165 e. The first-order valence-corrected chi connectivity index (χ1v) is 5.37. The summed E-state index contributed by atoms with van der Waals surface area (Å²) in [5, 5.41) is 14.7. The fraction of sp³-hybridized carbons (Fsp3) is 0.889. The number of nitrogens with zero attached hydrogens (tertiary/aromatic N) is 4. The van der Waals surface area contributed by atoms with Crippen LogP contribution in [0.4, 0.5) is 0 Å². The minimum atomic E-state index is 0.677. The molecule has 1 aromatic heterocycles. The third-order valence-electron chi connectivity index (χ3n) is 2.71. The Bertz CT molecular complexity index is 294. The van der Waals surface area contributed by atoms with Crippen LogP contribution in [0, 0.1) is 5.92 Å². The highest BCUT2D eigenvalue weighted by atomic mass is 16.5. The normalized spacial score (nSPS) is 21.0. The number of rotatable bonds is 5. The van der Waals surface area contributed by atoms with E-state index in [9.17, 15) is 0 Å². The number of tetrazole rings is 1. The van der Waals surface area contributed by atoms with Crippen molar-refractivity contribution in [3.8, 4) is 0 Å². The van der Waals surface area contributed by atoms with E-state index in [0.717, 1.165) is 32.0 Å². The van der Waals surface area contributed by atoms with Gasteiger partial charge in [-0.1, -0.05) is 0 Å². The maximum atomic E-state index is 5.33. The molecule has 1 aliphatic heterocycles. The molecule has 0 saturated carbocycles. The van der Waals surface area contributed by atoms with Crippen molar-refractivity contribution in [1.29, 1.82) is 0 Å². The van der Waals surface area contributed by atoms with Gasteiger partial charge in [0.05, 0.1) is 6.54 Å².